The second-order valence-electron chi connectivity index (χ2n) is 5.77. The number of carbonyl (C=O) groups excluding carboxylic acids is 1. The Kier molecular flexibility index (Phi) is 6.78. The molecule has 140 valence electrons. The zero-order valence-electron chi connectivity index (χ0n) is 14.8. The molecule has 0 bridgehead atoms. The van der Waals surface area contributed by atoms with Crippen molar-refractivity contribution in [2.75, 3.05) is 17.3 Å². The lowest BCUT2D eigenvalue weighted by Crippen LogP contribution is -2.20. The molecule has 8 heteroatoms. The molecule has 0 aliphatic carbocycles. The molecule has 1 aromatic heterocycles. The molecule has 0 atom stereocenters. The fraction of sp³-hybridized carbons (Fsp3) is 0.211. The number of hydrogen-bond donors (Lipinski definition) is 2. The van der Waals surface area contributed by atoms with E-state index in [9.17, 15) is 9.59 Å². The van der Waals surface area contributed by atoms with Gasteiger partial charge in [0.1, 0.15) is 0 Å². The van der Waals surface area contributed by atoms with Gasteiger partial charge in [0.05, 0.1) is 5.75 Å². The molecule has 0 radical (unpaired) electrons. The zero-order valence-corrected chi connectivity index (χ0v) is 16.5. The summed E-state index contributed by atoms with van der Waals surface area (Å²) >= 11 is 2.86. The zero-order chi connectivity index (χ0) is 19.1. The number of hydrogen-bond acceptors (Lipinski definition) is 5. The van der Waals surface area contributed by atoms with Crippen molar-refractivity contribution in [2.45, 2.75) is 23.0 Å². The summed E-state index contributed by atoms with van der Waals surface area (Å²) in [5, 5.41) is 9.89. The maximum absolute atomic E-state index is 12.2. The third-order valence-electron chi connectivity index (χ3n) is 3.88. The van der Waals surface area contributed by atoms with Crippen LogP contribution in [0.2, 0.25) is 0 Å². The highest BCUT2D eigenvalue weighted by atomic mass is 32.2. The number of anilines is 1. The summed E-state index contributed by atoms with van der Waals surface area (Å²) in [7, 11) is 0. The van der Waals surface area contributed by atoms with E-state index in [1.807, 2.05) is 60.9 Å². The Morgan fingerprint density at radius 2 is 2.00 bits per heavy atom. The first kappa shape index (κ1) is 19.3. The van der Waals surface area contributed by atoms with Crippen molar-refractivity contribution in [1.29, 1.82) is 0 Å². The van der Waals surface area contributed by atoms with Crippen molar-refractivity contribution in [3.05, 3.63) is 70.6 Å². The van der Waals surface area contributed by atoms with E-state index in [0.717, 1.165) is 22.6 Å². The van der Waals surface area contributed by atoms with E-state index in [1.54, 1.807) is 16.3 Å². The van der Waals surface area contributed by atoms with E-state index in [0.29, 0.717) is 11.7 Å². The fourth-order valence-electron chi connectivity index (χ4n) is 2.52. The Labute approximate surface area is 165 Å². The number of carbonyl (C=O) groups is 1. The molecule has 3 aromatic rings. The van der Waals surface area contributed by atoms with Crippen LogP contribution in [0.4, 0.5) is 5.69 Å². The molecule has 0 aliphatic heterocycles. The Hall–Kier alpha value is -2.45. The molecule has 3 rings (SSSR count). The number of aryl methyl sites for hydroxylation is 1. The lowest BCUT2D eigenvalue weighted by molar-refractivity contribution is -0.113. The molecule has 0 spiro atoms. The predicted octanol–water partition coefficient (Wildman–Crippen LogP) is 3.27. The van der Waals surface area contributed by atoms with Crippen molar-refractivity contribution in [3.8, 4) is 0 Å². The van der Waals surface area contributed by atoms with Crippen LogP contribution in [0.3, 0.4) is 0 Å². The van der Waals surface area contributed by atoms with Crippen LogP contribution in [0, 0.1) is 0 Å². The first-order valence-electron chi connectivity index (χ1n) is 8.41. The molecule has 0 aliphatic rings. The highest BCUT2D eigenvalue weighted by molar-refractivity contribution is 7.99. The van der Waals surface area contributed by atoms with E-state index in [-0.39, 0.29) is 17.3 Å². The summed E-state index contributed by atoms with van der Waals surface area (Å²) in [6.07, 6.45) is 2.71. The van der Waals surface area contributed by atoms with Gasteiger partial charge in [-0.1, -0.05) is 48.2 Å². The van der Waals surface area contributed by atoms with Gasteiger partial charge in [0.15, 0.2) is 5.16 Å². The third kappa shape index (κ3) is 5.51. The number of thioether (sulfide) groups is 2. The van der Waals surface area contributed by atoms with Crippen molar-refractivity contribution in [2.24, 2.45) is 0 Å². The number of nitrogens with zero attached hydrogens (tertiary/aromatic N) is 2. The van der Waals surface area contributed by atoms with Crippen LogP contribution in [0.1, 0.15) is 5.56 Å². The van der Waals surface area contributed by atoms with Gasteiger partial charge in [0.2, 0.25) is 5.91 Å². The van der Waals surface area contributed by atoms with Crippen LogP contribution in [0.25, 0.3) is 0 Å². The summed E-state index contributed by atoms with van der Waals surface area (Å²) in [5.41, 5.74) is 1.64. The topological polar surface area (TPSA) is 79.8 Å². The van der Waals surface area contributed by atoms with Gasteiger partial charge in [-0.2, -0.15) is 0 Å². The van der Waals surface area contributed by atoms with Crippen LogP contribution < -0.4 is 11.0 Å². The molecule has 0 saturated carbocycles. The first-order valence-corrected chi connectivity index (χ1v) is 10.6. The molecule has 1 amide bonds. The molecule has 1 heterocycles. The van der Waals surface area contributed by atoms with E-state index in [1.165, 1.54) is 11.8 Å². The lowest BCUT2D eigenvalue weighted by atomic mass is 10.1. The van der Waals surface area contributed by atoms with Crippen molar-refractivity contribution >= 4 is 35.1 Å². The largest absolute Gasteiger partial charge is 0.343 e. The number of amides is 1. The summed E-state index contributed by atoms with van der Waals surface area (Å²) in [4.78, 5) is 25.3. The smallest absolute Gasteiger partial charge is 0.325 e. The summed E-state index contributed by atoms with van der Waals surface area (Å²) in [6, 6.07) is 17.6. The lowest BCUT2D eigenvalue weighted by Gasteiger charge is -2.07. The molecule has 27 heavy (non-hydrogen) atoms. The normalized spacial score (nSPS) is 10.7. The van der Waals surface area contributed by atoms with Gasteiger partial charge in [0, 0.05) is 17.1 Å². The second-order valence-corrected chi connectivity index (χ2v) is 7.59. The number of H-pyrrole nitrogens is 1. The van der Waals surface area contributed by atoms with Gasteiger partial charge < -0.3 is 5.32 Å². The molecular formula is C19H20N4O2S2. The average Bonchev–Trinajstić information content (AvgIpc) is 3.05. The Morgan fingerprint density at radius 3 is 2.78 bits per heavy atom. The van der Waals surface area contributed by atoms with Crippen molar-refractivity contribution in [1.82, 2.24) is 14.8 Å². The summed E-state index contributed by atoms with van der Waals surface area (Å²) < 4.78 is 1.57. The quantitative estimate of drug-likeness (QED) is 0.567. The average molecular weight is 401 g/mol. The van der Waals surface area contributed by atoms with E-state index < -0.39 is 0 Å². The highest BCUT2D eigenvalue weighted by Crippen LogP contribution is 2.20. The van der Waals surface area contributed by atoms with Crippen LogP contribution in [0.15, 0.2) is 69.4 Å². The number of rotatable bonds is 8. The molecule has 2 aromatic carbocycles. The van der Waals surface area contributed by atoms with Gasteiger partial charge in [-0.25, -0.2) is 9.89 Å². The Balaban J connectivity index is 1.57. The van der Waals surface area contributed by atoms with E-state index in [4.69, 9.17) is 0 Å². The number of benzene rings is 2. The molecular weight excluding hydrogens is 380 g/mol. The standard InChI is InChI=1S/C19H20N4O2S2/c1-26-16-9-5-8-15(12-16)20-17(24)13-27-19-22-21-18(25)23(19)11-10-14-6-3-2-4-7-14/h2-9,12H,10-11,13H2,1H3,(H,20,24)(H,21,25). The second kappa shape index (κ2) is 9.48. The maximum atomic E-state index is 12.2. The first-order chi connectivity index (χ1) is 13.2. The SMILES string of the molecule is CSc1cccc(NC(=O)CSc2n[nH]c(=O)n2CCc2ccccc2)c1. The minimum absolute atomic E-state index is 0.136. The molecule has 2 N–H and O–H groups in total. The van der Waals surface area contributed by atoms with Gasteiger partial charge in [0.25, 0.3) is 0 Å². The van der Waals surface area contributed by atoms with Gasteiger partial charge in [-0.3, -0.25) is 9.36 Å². The van der Waals surface area contributed by atoms with Gasteiger partial charge in [-0.15, -0.1) is 16.9 Å². The van der Waals surface area contributed by atoms with E-state index >= 15 is 0 Å². The predicted molar refractivity (Wildman–Crippen MR) is 111 cm³/mol. The van der Waals surface area contributed by atoms with Crippen molar-refractivity contribution in [3.63, 3.8) is 0 Å². The van der Waals surface area contributed by atoms with Crippen LogP contribution >= 0.6 is 23.5 Å². The van der Waals surface area contributed by atoms with Gasteiger partial charge in [-0.05, 0) is 36.4 Å². The maximum Gasteiger partial charge on any atom is 0.343 e. The van der Waals surface area contributed by atoms with Crippen LogP contribution in [0.5, 0.6) is 0 Å². The molecule has 0 unspecified atom stereocenters. The number of aromatic amines is 1. The van der Waals surface area contributed by atoms with Crippen LogP contribution in [-0.4, -0.2) is 32.7 Å². The highest BCUT2D eigenvalue weighted by Gasteiger charge is 2.12. The van der Waals surface area contributed by atoms with Crippen molar-refractivity contribution < 1.29 is 4.79 Å². The molecule has 6 nitrogen and oxygen atoms in total. The van der Waals surface area contributed by atoms with Crippen LogP contribution in [-0.2, 0) is 17.8 Å². The van der Waals surface area contributed by atoms with Gasteiger partial charge >= 0.3 is 5.69 Å². The Morgan fingerprint density at radius 1 is 1.19 bits per heavy atom. The summed E-state index contributed by atoms with van der Waals surface area (Å²) in [6.45, 7) is 0.513. The number of aromatic nitrogens is 3. The number of nitrogens with one attached hydrogen (secondary N) is 2. The Bertz CT molecular complexity index is 954. The fourth-order valence-corrected chi connectivity index (χ4v) is 3.76. The monoisotopic (exact) mass is 400 g/mol. The third-order valence-corrected chi connectivity index (χ3v) is 5.58. The summed E-state index contributed by atoms with van der Waals surface area (Å²) in [5.74, 6) is 0.0439. The van der Waals surface area contributed by atoms with E-state index in [2.05, 4.69) is 15.5 Å². The minimum atomic E-state index is -0.262. The minimum Gasteiger partial charge on any atom is -0.325 e. The molecule has 0 saturated heterocycles. The molecule has 0 fully saturated rings.